The number of carbonyl (C=O) groups excluding carboxylic acids is 3. The Labute approximate surface area is 214 Å². The number of hydrogen-bond acceptors (Lipinski definition) is 8. The average molecular weight is 524 g/mol. The highest BCUT2D eigenvalue weighted by Gasteiger charge is 2.30. The van der Waals surface area contributed by atoms with Gasteiger partial charge in [-0.3, -0.25) is 19.4 Å². The van der Waals surface area contributed by atoms with Crippen LogP contribution in [0.1, 0.15) is 32.3 Å². The summed E-state index contributed by atoms with van der Waals surface area (Å²) in [7, 11) is 0. The van der Waals surface area contributed by atoms with Crippen LogP contribution >= 0.6 is 0 Å². The molecule has 0 aliphatic carbocycles. The lowest BCUT2D eigenvalue weighted by atomic mass is 10.0. The zero-order chi connectivity index (χ0) is 28.1. The van der Waals surface area contributed by atoms with E-state index in [0.29, 0.717) is 5.56 Å². The summed E-state index contributed by atoms with van der Waals surface area (Å²) in [6.45, 7) is 2.77. The Kier molecular flexibility index (Phi) is 12.8. The van der Waals surface area contributed by atoms with Gasteiger partial charge in [0.1, 0.15) is 23.9 Å². The molecule has 0 heterocycles. The number of nitrogens with zero attached hydrogens (tertiary/aromatic N) is 1. The van der Waals surface area contributed by atoms with Crippen molar-refractivity contribution in [3.05, 3.63) is 29.8 Å². The van der Waals surface area contributed by atoms with Gasteiger partial charge in [0.25, 0.3) is 0 Å². The number of amides is 3. The van der Waals surface area contributed by atoms with Crippen molar-refractivity contribution in [2.45, 2.75) is 57.3 Å². The van der Waals surface area contributed by atoms with Gasteiger partial charge in [-0.25, -0.2) is 4.79 Å². The number of phenolic OH excluding ortho intramolecular Hbond substituents is 1. The number of carbonyl (C=O) groups is 4. The van der Waals surface area contributed by atoms with Crippen LogP contribution in [0.5, 0.6) is 5.75 Å². The number of phenols is 1. The predicted octanol–water partition coefficient (Wildman–Crippen LogP) is -2.50. The molecule has 0 spiro atoms. The van der Waals surface area contributed by atoms with Crippen molar-refractivity contribution < 1.29 is 34.5 Å². The molecule has 0 fully saturated rings. The van der Waals surface area contributed by atoms with Crippen molar-refractivity contribution in [3.63, 3.8) is 0 Å². The molecule has 1 aromatic carbocycles. The summed E-state index contributed by atoms with van der Waals surface area (Å²) in [5.74, 6) is -3.96. The van der Waals surface area contributed by atoms with Crippen LogP contribution in [-0.4, -0.2) is 82.3 Å². The van der Waals surface area contributed by atoms with Crippen LogP contribution in [0, 0.1) is 5.92 Å². The van der Waals surface area contributed by atoms with Gasteiger partial charge in [0.05, 0.1) is 12.6 Å². The number of nitrogens with one attached hydrogen (secondary N) is 3. The Morgan fingerprint density at radius 1 is 0.919 bits per heavy atom. The zero-order valence-electron chi connectivity index (χ0n) is 20.9. The maximum atomic E-state index is 13.3. The zero-order valence-corrected chi connectivity index (χ0v) is 20.9. The van der Waals surface area contributed by atoms with Crippen molar-refractivity contribution in [2.24, 2.45) is 28.1 Å². The van der Waals surface area contributed by atoms with Gasteiger partial charge in [0, 0.05) is 13.0 Å². The lowest BCUT2D eigenvalue weighted by Gasteiger charge is -2.25. The van der Waals surface area contributed by atoms with Gasteiger partial charge in [-0.15, -0.1) is 0 Å². The molecule has 0 aromatic heterocycles. The van der Waals surface area contributed by atoms with Crippen LogP contribution in [0.15, 0.2) is 29.3 Å². The fourth-order valence-corrected chi connectivity index (χ4v) is 3.15. The van der Waals surface area contributed by atoms with E-state index in [-0.39, 0.29) is 43.4 Å². The van der Waals surface area contributed by atoms with E-state index < -0.39 is 54.5 Å². The summed E-state index contributed by atoms with van der Waals surface area (Å²) >= 11 is 0. The fourth-order valence-electron chi connectivity index (χ4n) is 3.15. The third-order valence-corrected chi connectivity index (χ3v) is 5.41. The Hall–Kier alpha value is -3.91. The molecule has 1 rings (SSSR count). The largest absolute Gasteiger partial charge is 0.508 e. The number of aliphatic hydroxyl groups excluding tert-OH is 1. The highest BCUT2D eigenvalue weighted by molar-refractivity contribution is 5.94. The molecule has 0 saturated carbocycles. The minimum absolute atomic E-state index is 0.0133. The van der Waals surface area contributed by atoms with Gasteiger partial charge in [0.2, 0.25) is 17.7 Å². The first-order valence-corrected chi connectivity index (χ1v) is 11.7. The molecular formula is C23H37N7O7. The molecule has 0 saturated heterocycles. The Morgan fingerprint density at radius 3 is 1.97 bits per heavy atom. The molecule has 0 bridgehead atoms. The Balaban J connectivity index is 3.14. The van der Waals surface area contributed by atoms with Gasteiger partial charge in [-0.1, -0.05) is 26.0 Å². The molecule has 4 unspecified atom stereocenters. The fraction of sp³-hybridized carbons (Fsp3) is 0.522. The van der Waals surface area contributed by atoms with E-state index in [0.717, 1.165) is 0 Å². The SMILES string of the molecule is CC(C)C(N)C(=O)NC(Cc1ccc(O)cc1)C(=O)NC(CCCN=C(N)N)C(=O)NC(CO)C(=O)O. The van der Waals surface area contributed by atoms with Crippen molar-refractivity contribution in [1.82, 2.24) is 16.0 Å². The summed E-state index contributed by atoms with van der Waals surface area (Å²) in [4.78, 5) is 53.7. The van der Waals surface area contributed by atoms with Crippen molar-refractivity contribution >= 4 is 29.7 Å². The van der Waals surface area contributed by atoms with Crippen molar-refractivity contribution in [3.8, 4) is 5.75 Å². The number of hydrogen-bond donors (Lipinski definition) is 9. The lowest BCUT2D eigenvalue weighted by Crippen LogP contribution is -2.58. The van der Waals surface area contributed by atoms with Gasteiger partial charge in [0.15, 0.2) is 5.96 Å². The number of aliphatic carboxylic acids is 1. The second kappa shape index (κ2) is 15.3. The first-order chi connectivity index (χ1) is 17.3. The molecule has 0 aliphatic rings. The maximum absolute atomic E-state index is 13.3. The standard InChI is InChI=1S/C23H37N7O7/c1-12(2)18(24)21(35)29-16(10-13-5-7-14(32)8-6-13)20(34)28-15(4-3-9-27-23(25)26)19(33)30-17(11-31)22(36)37/h5-8,12,15-18,31-32H,3-4,9-11,24H2,1-2H3,(H,28,34)(H,29,35)(H,30,33)(H,36,37)(H4,25,26,27). The number of aromatic hydroxyl groups is 1. The summed E-state index contributed by atoms with van der Waals surface area (Å²) in [5, 5.41) is 35.2. The quantitative estimate of drug-likeness (QED) is 0.0663. The van der Waals surface area contributed by atoms with E-state index >= 15 is 0 Å². The van der Waals surface area contributed by atoms with Crippen LogP contribution in [-0.2, 0) is 25.6 Å². The third-order valence-electron chi connectivity index (χ3n) is 5.41. The lowest BCUT2D eigenvalue weighted by molar-refractivity contribution is -0.143. The average Bonchev–Trinajstić information content (AvgIpc) is 2.83. The molecule has 14 heteroatoms. The highest BCUT2D eigenvalue weighted by atomic mass is 16.4. The molecule has 1 aromatic rings. The second-order valence-corrected chi connectivity index (χ2v) is 8.79. The van der Waals surface area contributed by atoms with E-state index in [2.05, 4.69) is 20.9 Å². The normalized spacial score (nSPS) is 14.1. The summed E-state index contributed by atoms with van der Waals surface area (Å²) in [6.07, 6.45) is 0.289. The Bertz CT molecular complexity index is 949. The molecule has 3 amide bonds. The molecular weight excluding hydrogens is 486 g/mol. The number of guanidine groups is 1. The Morgan fingerprint density at radius 2 is 1.46 bits per heavy atom. The molecule has 0 aliphatic heterocycles. The monoisotopic (exact) mass is 523 g/mol. The molecule has 206 valence electrons. The maximum Gasteiger partial charge on any atom is 0.328 e. The van der Waals surface area contributed by atoms with Gasteiger partial charge < -0.3 is 48.5 Å². The number of carboxylic acid groups (broad SMARTS) is 1. The summed E-state index contributed by atoms with van der Waals surface area (Å²) in [6, 6.07) is 1.14. The number of aliphatic hydroxyl groups is 1. The molecule has 12 N–H and O–H groups in total. The molecule has 14 nitrogen and oxygen atoms in total. The molecule has 4 atom stereocenters. The number of carboxylic acids is 1. The van der Waals surface area contributed by atoms with Crippen LogP contribution in [0.2, 0.25) is 0 Å². The smallest absolute Gasteiger partial charge is 0.328 e. The second-order valence-electron chi connectivity index (χ2n) is 8.79. The molecule has 37 heavy (non-hydrogen) atoms. The topological polar surface area (TPSA) is 255 Å². The van der Waals surface area contributed by atoms with Gasteiger partial charge in [-0.2, -0.15) is 0 Å². The van der Waals surface area contributed by atoms with Crippen LogP contribution in [0.3, 0.4) is 0 Å². The number of nitrogens with two attached hydrogens (primary N) is 3. The summed E-state index contributed by atoms with van der Waals surface area (Å²) in [5.41, 5.74) is 17.1. The number of rotatable bonds is 15. The van der Waals surface area contributed by atoms with Crippen LogP contribution in [0.4, 0.5) is 0 Å². The first-order valence-electron chi connectivity index (χ1n) is 11.7. The van der Waals surface area contributed by atoms with Gasteiger partial charge in [-0.05, 0) is 36.5 Å². The molecule has 0 radical (unpaired) electrons. The third kappa shape index (κ3) is 11.1. The van der Waals surface area contributed by atoms with Gasteiger partial charge >= 0.3 is 5.97 Å². The first kappa shape index (κ1) is 31.1. The van der Waals surface area contributed by atoms with E-state index in [9.17, 15) is 29.4 Å². The van der Waals surface area contributed by atoms with E-state index in [1.165, 1.54) is 12.1 Å². The summed E-state index contributed by atoms with van der Waals surface area (Å²) < 4.78 is 0. The number of aliphatic imine (C=N–C) groups is 1. The van der Waals surface area contributed by atoms with E-state index in [1.54, 1.807) is 26.0 Å². The van der Waals surface area contributed by atoms with Crippen LogP contribution in [0.25, 0.3) is 0 Å². The predicted molar refractivity (Wildman–Crippen MR) is 135 cm³/mol. The van der Waals surface area contributed by atoms with Crippen molar-refractivity contribution in [1.29, 1.82) is 0 Å². The number of benzene rings is 1. The minimum atomic E-state index is -1.58. The minimum Gasteiger partial charge on any atom is -0.508 e. The van der Waals surface area contributed by atoms with E-state index in [1.807, 2.05) is 0 Å². The van der Waals surface area contributed by atoms with E-state index in [4.69, 9.17) is 22.3 Å². The highest BCUT2D eigenvalue weighted by Crippen LogP contribution is 2.12. The van der Waals surface area contributed by atoms with Crippen molar-refractivity contribution in [2.75, 3.05) is 13.2 Å². The van der Waals surface area contributed by atoms with Crippen LogP contribution < -0.4 is 33.2 Å².